The molecular formula is C21H21N5OS. The molecule has 2 aromatic carbocycles. The number of anilines is 3. The van der Waals surface area contributed by atoms with Gasteiger partial charge in [-0.3, -0.25) is 0 Å². The Morgan fingerprint density at radius 1 is 1.07 bits per heavy atom. The molecule has 142 valence electrons. The van der Waals surface area contributed by atoms with Gasteiger partial charge in [-0.05, 0) is 48.2 Å². The Hall–Kier alpha value is -3.19. The molecule has 0 aliphatic rings. The lowest BCUT2D eigenvalue weighted by molar-refractivity contribution is 0.464. The minimum atomic E-state index is 0.312. The molecular weight excluding hydrogens is 370 g/mol. The average Bonchev–Trinajstić information content (AvgIpc) is 3.07. The molecule has 6 nitrogen and oxygen atoms in total. The smallest absolute Gasteiger partial charge is 0.248 e. The van der Waals surface area contributed by atoms with Gasteiger partial charge in [0.25, 0.3) is 0 Å². The van der Waals surface area contributed by atoms with Crippen LogP contribution in [0.25, 0.3) is 10.2 Å². The zero-order chi connectivity index (χ0) is 19.7. The van der Waals surface area contributed by atoms with Crippen molar-refractivity contribution in [1.29, 1.82) is 0 Å². The summed E-state index contributed by atoms with van der Waals surface area (Å²) in [6.45, 7) is 6.37. The lowest BCUT2D eigenvalue weighted by atomic mass is 10.0. The van der Waals surface area contributed by atoms with Crippen molar-refractivity contribution < 1.29 is 4.74 Å². The summed E-state index contributed by atoms with van der Waals surface area (Å²) in [5, 5.41) is 3.90. The van der Waals surface area contributed by atoms with Crippen LogP contribution in [0, 0.1) is 6.92 Å². The van der Waals surface area contributed by atoms with Crippen molar-refractivity contribution >= 4 is 38.2 Å². The Morgan fingerprint density at radius 3 is 2.61 bits per heavy atom. The molecule has 0 saturated heterocycles. The third kappa shape index (κ3) is 3.75. The first-order chi connectivity index (χ1) is 13.5. The SMILES string of the molecule is Cc1ccc2nc(Nc3ncnc(Oc4ccc(C(C)C)cc4)c3N)sc2c1. The number of fused-ring (bicyclic) bond motifs is 1. The fourth-order valence-corrected chi connectivity index (χ4v) is 3.74. The van der Waals surface area contributed by atoms with Crippen LogP contribution >= 0.6 is 11.3 Å². The van der Waals surface area contributed by atoms with Crippen LogP contribution in [-0.2, 0) is 0 Å². The standard InChI is InChI=1S/C21H21N5OS/c1-12(2)14-5-7-15(8-6-14)27-20-18(22)19(23-11-24-20)26-21-25-16-9-4-13(3)10-17(16)28-21/h4-12H,22H2,1-3H3,(H,23,24,25,26). The first-order valence-corrected chi connectivity index (χ1v) is 9.84. The maximum absolute atomic E-state index is 6.24. The number of nitrogens with two attached hydrogens (primary N) is 1. The lowest BCUT2D eigenvalue weighted by Gasteiger charge is -2.11. The molecule has 2 heterocycles. The summed E-state index contributed by atoms with van der Waals surface area (Å²) in [5.41, 5.74) is 9.96. The van der Waals surface area contributed by atoms with Crippen LogP contribution in [0.1, 0.15) is 30.9 Å². The van der Waals surface area contributed by atoms with Gasteiger partial charge in [-0.15, -0.1) is 0 Å². The number of aromatic nitrogens is 3. The zero-order valence-corrected chi connectivity index (χ0v) is 16.7. The molecule has 0 aliphatic carbocycles. The van der Waals surface area contributed by atoms with E-state index in [1.54, 1.807) is 11.3 Å². The fourth-order valence-electron chi connectivity index (χ4n) is 2.78. The zero-order valence-electron chi connectivity index (χ0n) is 15.9. The molecule has 0 amide bonds. The average molecular weight is 392 g/mol. The number of ether oxygens (including phenoxy) is 1. The van der Waals surface area contributed by atoms with Crippen LogP contribution < -0.4 is 15.8 Å². The Bertz CT molecular complexity index is 1120. The Balaban J connectivity index is 1.57. The van der Waals surface area contributed by atoms with Crippen LogP contribution in [-0.4, -0.2) is 15.0 Å². The van der Waals surface area contributed by atoms with Gasteiger partial charge in [-0.1, -0.05) is 43.4 Å². The Morgan fingerprint density at radius 2 is 1.86 bits per heavy atom. The number of nitrogens with zero attached hydrogens (tertiary/aromatic N) is 3. The minimum absolute atomic E-state index is 0.312. The van der Waals surface area contributed by atoms with E-state index in [0.29, 0.717) is 29.1 Å². The van der Waals surface area contributed by atoms with Crippen molar-refractivity contribution in [2.24, 2.45) is 0 Å². The van der Waals surface area contributed by atoms with Gasteiger partial charge in [0, 0.05) is 0 Å². The third-order valence-electron chi connectivity index (χ3n) is 4.38. The molecule has 28 heavy (non-hydrogen) atoms. The molecule has 4 rings (SSSR count). The Kier molecular flexibility index (Phi) is 4.83. The topological polar surface area (TPSA) is 86.0 Å². The molecule has 0 atom stereocenters. The summed E-state index contributed by atoms with van der Waals surface area (Å²) in [5.74, 6) is 1.93. The third-order valence-corrected chi connectivity index (χ3v) is 5.31. The number of hydrogen-bond donors (Lipinski definition) is 2. The first-order valence-electron chi connectivity index (χ1n) is 9.02. The van der Waals surface area contributed by atoms with Crippen LogP contribution in [0.3, 0.4) is 0 Å². The van der Waals surface area contributed by atoms with E-state index in [9.17, 15) is 0 Å². The largest absolute Gasteiger partial charge is 0.437 e. The van der Waals surface area contributed by atoms with Gasteiger partial charge in [-0.2, -0.15) is 4.98 Å². The molecule has 0 spiro atoms. The van der Waals surface area contributed by atoms with E-state index in [1.807, 2.05) is 36.4 Å². The predicted molar refractivity (Wildman–Crippen MR) is 115 cm³/mol. The van der Waals surface area contributed by atoms with E-state index < -0.39 is 0 Å². The number of rotatable bonds is 5. The molecule has 0 aliphatic heterocycles. The molecule has 7 heteroatoms. The molecule has 0 unspecified atom stereocenters. The van der Waals surface area contributed by atoms with Gasteiger partial charge in [0.15, 0.2) is 10.9 Å². The number of aryl methyl sites for hydroxylation is 1. The highest BCUT2D eigenvalue weighted by molar-refractivity contribution is 7.22. The van der Waals surface area contributed by atoms with Gasteiger partial charge >= 0.3 is 0 Å². The minimum Gasteiger partial charge on any atom is -0.437 e. The van der Waals surface area contributed by atoms with E-state index in [2.05, 4.69) is 47.1 Å². The second-order valence-corrected chi connectivity index (χ2v) is 7.91. The van der Waals surface area contributed by atoms with Crippen LogP contribution in [0.5, 0.6) is 11.6 Å². The van der Waals surface area contributed by atoms with Crippen LogP contribution in [0.15, 0.2) is 48.8 Å². The molecule has 0 radical (unpaired) electrons. The molecule has 0 bridgehead atoms. The number of thiazole rings is 1. The molecule has 3 N–H and O–H groups in total. The van der Waals surface area contributed by atoms with Crippen molar-refractivity contribution in [3.05, 3.63) is 59.9 Å². The number of nitrogens with one attached hydrogen (secondary N) is 1. The molecule has 2 aromatic heterocycles. The van der Waals surface area contributed by atoms with Crippen molar-refractivity contribution in [3.63, 3.8) is 0 Å². The predicted octanol–water partition coefficient (Wildman–Crippen LogP) is 5.64. The second-order valence-electron chi connectivity index (χ2n) is 6.88. The summed E-state index contributed by atoms with van der Waals surface area (Å²) >= 11 is 1.55. The fraction of sp³-hybridized carbons (Fsp3) is 0.190. The number of hydrogen-bond acceptors (Lipinski definition) is 7. The maximum Gasteiger partial charge on any atom is 0.248 e. The van der Waals surface area contributed by atoms with Gasteiger partial charge in [0.1, 0.15) is 17.8 Å². The van der Waals surface area contributed by atoms with Crippen LogP contribution in [0.2, 0.25) is 0 Å². The normalized spacial score (nSPS) is 11.1. The summed E-state index contributed by atoms with van der Waals surface area (Å²) in [6.07, 6.45) is 1.42. The van der Waals surface area contributed by atoms with Crippen molar-refractivity contribution in [2.75, 3.05) is 11.1 Å². The summed E-state index contributed by atoms with van der Waals surface area (Å²) in [6, 6.07) is 14.1. The quantitative estimate of drug-likeness (QED) is 0.458. The van der Waals surface area contributed by atoms with Gasteiger partial charge in [0.2, 0.25) is 5.88 Å². The molecule has 0 fully saturated rings. The lowest BCUT2D eigenvalue weighted by Crippen LogP contribution is -2.03. The summed E-state index contributed by atoms with van der Waals surface area (Å²) in [7, 11) is 0. The van der Waals surface area contributed by atoms with Gasteiger partial charge < -0.3 is 15.8 Å². The molecule has 4 aromatic rings. The molecule has 0 saturated carbocycles. The summed E-state index contributed by atoms with van der Waals surface area (Å²) in [4.78, 5) is 13.0. The highest BCUT2D eigenvalue weighted by atomic mass is 32.1. The van der Waals surface area contributed by atoms with Crippen molar-refractivity contribution in [2.45, 2.75) is 26.7 Å². The Labute approximate surface area is 167 Å². The first kappa shape index (κ1) is 18.2. The van der Waals surface area contributed by atoms with Gasteiger partial charge in [0.05, 0.1) is 10.2 Å². The highest BCUT2D eigenvalue weighted by Gasteiger charge is 2.13. The monoisotopic (exact) mass is 391 g/mol. The maximum atomic E-state index is 6.24. The van der Waals surface area contributed by atoms with Crippen molar-refractivity contribution in [1.82, 2.24) is 15.0 Å². The highest BCUT2D eigenvalue weighted by Crippen LogP contribution is 2.34. The van der Waals surface area contributed by atoms with Gasteiger partial charge in [-0.25, -0.2) is 9.97 Å². The van der Waals surface area contributed by atoms with Crippen LogP contribution in [0.4, 0.5) is 16.6 Å². The van der Waals surface area contributed by atoms with E-state index in [-0.39, 0.29) is 0 Å². The second kappa shape index (κ2) is 7.44. The summed E-state index contributed by atoms with van der Waals surface area (Å²) < 4.78 is 6.97. The number of benzene rings is 2. The van der Waals surface area contributed by atoms with E-state index >= 15 is 0 Å². The number of nitrogen functional groups attached to an aromatic ring is 1. The van der Waals surface area contributed by atoms with E-state index in [0.717, 1.165) is 15.3 Å². The van der Waals surface area contributed by atoms with Crippen molar-refractivity contribution in [3.8, 4) is 11.6 Å². The van der Waals surface area contributed by atoms with E-state index in [4.69, 9.17) is 10.5 Å². The van der Waals surface area contributed by atoms with E-state index in [1.165, 1.54) is 17.5 Å².